The molecule has 2 aromatic heterocycles. The van der Waals surface area contributed by atoms with Crippen LogP contribution in [-0.2, 0) is 6.42 Å². The van der Waals surface area contributed by atoms with Gasteiger partial charge in [-0.15, -0.1) is 0 Å². The molecule has 0 spiro atoms. The summed E-state index contributed by atoms with van der Waals surface area (Å²) in [6.45, 7) is 4.52. The third kappa shape index (κ3) is 2.64. The van der Waals surface area contributed by atoms with Crippen molar-refractivity contribution in [3.8, 4) is 0 Å². The lowest BCUT2D eigenvalue weighted by Gasteiger charge is -2.25. The maximum atomic E-state index is 4.82. The van der Waals surface area contributed by atoms with Gasteiger partial charge in [-0.25, -0.2) is 9.97 Å². The Labute approximate surface area is 118 Å². The average molecular weight is 275 g/mol. The lowest BCUT2D eigenvalue weighted by molar-refractivity contribution is 0.450. The average Bonchev–Trinajstić information content (AvgIpc) is 2.76. The zero-order valence-electron chi connectivity index (χ0n) is 11.7. The highest BCUT2D eigenvalue weighted by Gasteiger charge is 2.22. The van der Waals surface area contributed by atoms with Crippen molar-refractivity contribution in [3.63, 3.8) is 0 Å². The summed E-state index contributed by atoms with van der Waals surface area (Å²) in [6, 6.07) is 4.66. The minimum Gasteiger partial charge on any atom is -0.310 e. The molecular weight excluding hydrogens is 254 g/mol. The Morgan fingerprint density at radius 3 is 2.89 bits per heavy atom. The summed E-state index contributed by atoms with van der Waals surface area (Å²) in [7, 11) is 0. The van der Waals surface area contributed by atoms with E-state index in [-0.39, 0.29) is 0 Å². The highest BCUT2D eigenvalue weighted by molar-refractivity contribution is 7.99. The maximum Gasteiger partial charge on any atom is 0.160 e. The van der Waals surface area contributed by atoms with Crippen molar-refractivity contribution in [3.05, 3.63) is 24.2 Å². The van der Waals surface area contributed by atoms with Crippen LogP contribution in [0.15, 0.2) is 18.3 Å². The number of hydrogen-bond donors (Lipinski definition) is 0. The van der Waals surface area contributed by atoms with E-state index < -0.39 is 0 Å². The molecule has 1 aliphatic heterocycles. The topological polar surface area (TPSA) is 30.7 Å². The van der Waals surface area contributed by atoms with Gasteiger partial charge >= 0.3 is 0 Å². The molecule has 3 rings (SSSR count). The summed E-state index contributed by atoms with van der Waals surface area (Å²) in [5, 5.41) is 0. The van der Waals surface area contributed by atoms with Crippen LogP contribution in [-0.4, -0.2) is 26.0 Å². The summed E-state index contributed by atoms with van der Waals surface area (Å²) in [5.74, 6) is 4.38. The van der Waals surface area contributed by atoms with Gasteiger partial charge in [0.25, 0.3) is 0 Å². The summed E-state index contributed by atoms with van der Waals surface area (Å²) in [6.07, 6.45) is 5.42. The second-order valence-electron chi connectivity index (χ2n) is 5.69. The van der Waals surface area contributed by atoms with E-state index in [4.69, 9.17) is 4.98 Å². The van der Waals surface area contributed by atoms with Crippen LogP contribution in [0, 0.1) is 5.92 Å². The predicted octanol–water partition coefficient (Wildman–Crippen LogP) is 3.70. The van der Waals surface area contributed by atoms with Crippen LogP contribution in [0.5, 0.6) is 0 Å². The highest BCUT2D eigenvalue weighted by atomic mass is 32.2. The third-order valence-corrected chi connectivity index (χ3v) is 4.72. The van der Waals surface area contributed by atoms with E-state index in [1.54, 1.807) is 0 Å². The Bertz CT molecular complexity index is 556. The number of aromatic nitrogens is 3. The number of rotatable bonds is 3. The molecule has 0 atom stereocenters. The first-order valence-electron chi connectivity index (χ1n) is 7.15. The van der Waals surface area contributed by atoms with Crippen molar-refractivity contribution in [2.75, 3.05) is 11.5 Å². The molecular formula is C15H21N3S. The number of fused-ring (bicyclic) bond motifs is 1. The Morgan fingerprint density at radius 2 is 2.16 bits per heavy atom. The first-order chi connectivity index (χ1) is 9.25. The largest absolute Gasteiger partial charge is 0.310 e. The molecule has 4 heteroatoms. The van der Waals surface area contributed by atoms with Crippen LogP contribution in [0.1, 0.15) is 38.6 Å². The normalized spacial score (nSPS) is 17.4. The van der Waals surface area contributed by atoms with Crippen LogP contribution >= 0.6 is 11.8 Å². The van der Waals surface area contributed by atoms with E-state index in [0.29, 0.717) is 12.0 Å². The van der Waals surface area contributed by atoms with Gasteiger partial charge in [0.2, 0.25) is 0 Å². The van der Waals surface area contributed by atoms with Crippen LogP contribution in [0.2, 0.25) is 0 Å². The fourth-order valence-corrected chi connectivity index (χ4v) is 3.89. The van der Waals surface area contributed by atoms with Crippen LogP contribution < -0.4 is 0 Å². The molecule has 0 radical (unpaired) electrons. The number of imidazole rings is 1. The standard InChI is InChI=1S/C15H21N3S/c1-11(2)10-14-17-13-4-3-7-16-15(13)18(14)12-5-8-19-9-6-12/h3-4,7,11-12H,5-6,8-10H2,1-2H3. The molecule has 3 nitrogen and oxygen atoms in total. The summed E-state index contributed by atoms with van der Waals surface area (Å²) >= 11 is 2.07. The summed E-state index contributed by atoms with van der Waals surface area (Å²) < 4.78 is 2.43. The molecule has 0 aromatic carbocycles. The van der Waals surface area contributed by atoms with E-state index in [0.717, 1.165) is 17.6 Å². The van der Waals surface area contributed by atoms with Crippen molar-refractivity contribution in [1.29, 1.82) is 0 Å². The Hall–Kier alpha value is -1.03. The number of nitrogens with zero attached hydrogens (tertiary/aromatic N) is 3. The number of thioether (sulfide) groups is 1. The number of pyridine rings is 1. The fraction of sp³-hybridized carbons (Fsp3) is 0.600. The Kier molecular flexibility index (Phi) is 3.78. The molecule has 1 fully saturated rings. The first-order valence-corrected chi connectivity index (χ1v) is 8.30. The van der Waals surface area contributed by atoms with E-state index in [2.05, 4.69) is 41.2 Å². The van der Waals surface area contributed by atoms with Crippen molar-refractivity contribution < 1.29 is 0 Å². The molecule has 0 unspecified atom stereocenters. The molecule has 0 bridgehead atoms. The molecule has 0 amide bonds. The minimum absolute atomic E-state index is 0.592. The highest BCUT2D eigenvalue weighted by Crippen LogP contribution is 2.31. The molecule has 0 N–H and O–H groups in total. The molecule has 2 aromatic rings. The quantitative estimate of drug-likeness (QED) is 0.855. The van der Waals surface area contributed by atoms with E-state index in [1.165, 1.54) is 30.2 Å². The molecule has 3 heterocycles. The van der Waals surface area contributed by atoms with Gasteiger partial charge in [-0.2, -0.15) is 11.8 Å². The van der Waals surface area contributed by atoms with Gasteiger partial charge in [-0.3, -0.25) is 0 Å². The predicted molar refractivity (Wildman–Crippen MR) is 81.7 cm³/mol. The van der Waals surface area contributed by atoms with Crippen molar-refractivity contribution in [2.45, 2.75) is 39.2 Å². The van der Waals surface area contributed by atoms with Gasteiger partial charge < -0.3 is 4.57 Å². The first kappa shape index (κ1) is 13.0. The lowest BCUT2D eigenvalue weighted by Crippen LogP contribution is -2.18. The van der Waals surface area contributed by atoms with Crippen LogP contribution in [0.25, 0.3) is 11.2 Å². The second-order valence-corrected chi connectivity index (χ2v) is 6.91. The number of hydrogen-bond acceptors (Lipinski definition) is 3. The second kappa shape index (κ2) is 5.53. The molecule has 102 valence electrons. The zero-order valence-corrected chi connectivity index (χ0v) is 12.5. The Morgan fingerprint density at radius 1 is 1.37 bits per heavy atom. The Balaban J connectivity index is 2.06. The van der Waals surface area contributed by atoms with E-state index in [9.17, 15) is 0 Å². The smallest absolute Gasteiger partial charge is 0.160 e. The van der Waals surface area contributed by atoms with Gasteiger partial charge in [0.1, 0.15) is 11.3 Å². The van der Waals surface area contributed by atoms with Gasteiger partial charge in [-0.05, 0) is 42.4 Å². The maximum absolute atomic E-state index is 4.82. The summed E-state index contributed by atoms with van der Waals surface area (Å²) in [5.41, 5.74) is 2.13. The van der Waals surface area contributed by atoms with Crippen molar-refractivity contribution in [2.24, 2.45) is 5.92 Å². The van der Waals surface area contributed by atoms with E-state index in [1.807, 2.05) is 12.3 Å². The SMILES string of the molecule is CC(C)Cc1nc2cccnc2n1C1CCSCC1. The molecule has 0 aliphatic carbocycles. The lowest BCUT2D eigenvalue weighted by atomic mass is 10.1. The van der Waals surface area contributed by atoms with Gasteiger partial charge in [0.05, 0.1) is 0 Å². The van der Waals surface area contributed by atoms with Crippen molar-refractivity contribution >= 4 is 22.9 Å². The van der Waals surface area contributed by atoms with E-state index >= 15 is 0 Å². The zero-order chi connectivity index (χ0) is 13.2. The van der Waals surface area contributed by atoms with Gasteiger partial charge in [-0.1, -0.05) is 13.8 Å². The van der Waals surface area contributed by atoms with Gasteiger partial charge in [0, 0.05) is 18.7 Å². The molecule has 19 heavy (non-hydrogen) atoms. The fourth-order valence-electron chi connectivity index (χ4n) is 2.81. The van der Waals surface area contributed by atoms with Crippen LogP contribution in [0.3, 0.4) is 0 Å². The molecule has 0 saturated carbocycles. The third-order valence-electron chi connectivity index (χ3n) is 3.67. The molecule has 1 aliphatic rings. The monoisotopic (exact) mass is 275 g/mol. The van der Waals surface area contributed by atoms with Crippen LogP contribution in [0.4, 0.5) is 0 Å². The molecule has 1 saturated heterocycles. The van der Waals surface area contributed by atoms with Gasteiger partial charge in [0.15, 0.2) is 5.65 Å². The van der Waals surface area contributed by atoms with Crippen molar-refractivity contribution in [1.82, 2.24) is 14.5 Å². The summed E-state index contributed by atoms with van der Waals surface area (Å²) in [4.78, 5) is 9.40. The minimum atomic E-state index is 0.592.